The number of hydrogen-bond donors (Lipinski definition) is 1. The third-order valence-electron chi connectivity index (χ3n) is 1.26. The number of esters is 1. The first-order chi connectivity index (χ1) is 5.85. The minimum atomic E-state index is -0.472. The second-order valence-corrected chi connectivity index (χ2v) is 3.76. The van der Waals surface area contributed by atoms with Crippen molar-refractivity contribution in [1.29, 1.82) is 0 Å². The van der Waals surface area contributed by atoms with E-state index in [9.17, 15) is 9.59 Å². The monoisotopic (exact) mass is 187 g/mol. The van der Waals surface area contributed by atoms with E-state index in [1.807, 2.05) is 0 Å². The molecule has 0 bridgehead atoms. The van der Waals surface area contributed by atoms with Crippen LogP contribution in [0.5, 0.6) is 0 Å². The summed E-state index contributed by atoms with van der Waals surface area (Å²) in [6, 6.07) is 0. The summed E-state index contributed by atoms with van der Waals surface area (Å²) in [6.45, 7) is 5.39. The summed E-state index contributed by atoms with van der Waals surface area (Å²) < 4.78 is 5.01. The van der Waals surface area contributed by atoms with Crippen LogP contribution < -0.4 is 5.32 Å². The van der Waals surface area contributed by atoms with Crippen LogP contribution in [0, 0.1) is 0 Å². The standard InChI is InChI=1S/C9H17NO3/c1-9(2,3)13-8(12)6-5-7(11)10-4/h5-6H2,1-4H3,(H,10,11). The highest BCUT2D eigenvalue weighted by atomic mass is 16.6. The molecule has 0 aromatic rings. The van der Waals surface area contributed by atoms with Gasteiger partial charge in [-0.2, -0.15) is 0 Å². The van der Waals surface area contributed by atoms with Gasteiger partial charge in [-0.05, 0) is 20.8 Å². The van der Waals surface area contributed by atoms with Crippen molar-refractivity contribution in [2.24, 2.45) is 0 Å². The van der Waals surface area contributed by atoms with Crippen LogP contribution in [-0.2, 0) is 14.3 Å². The van der Waals surface area contributed by atoms with Gasteiger partial charge in [0, 0.05) is 13.5 Å². The van der Waals surface area contributed by atoms with Gasteiger partial charge in [-0.25, -0.2) is 0 Å². The lowest BCUT2D eigenvalue weighted by Gasteiger charge is -2.19. The molecule has 0 aliphatic heterocycles. The van der Waals surface area contributed by atoms with Gasteiger partial charge in [-0.15, -0.1) is 0 Å². The molecule has 0 aromatic carbocycles. The second kappa shape index (κ2) is 4.84. The summed E-state index contributed by atoms with van der Waals surface area (Å²) in [6.07, 6.45) is 0.322. The molecule has 0 unspecified atom stereocenters. The zero-order chi connectivity index (χ0) is 10.5. The van der Waals surface area contributed by atoms with E-state index in [-0.39, 0.29) is 24.7 Å². The second-order valence-electron chi connectivity index (χ2n) is 3.76. The highest BCUT2D eigenvalue weighted by Crippen LogP contribution is 2.08. The molecule has 0 saturated carbocycles. The van der Waals surface area contributed by atoms with Crippen LogP contribution in [0.3, 0.4) is 0 Å². The zero-order valence-corrected chi connectivity index (χ0v) is 8.64. The maximum Gasteiger partial charge on any atom is 0.306 e. The van der Waals surface area contributed by atoms with Gasteiger partial charge in [0.15, 0.2) is 0 Å². The van der Waals surface area contributed by atoms with E-state index in [0.29, 0.717) is 0 Å². The van der Waals surface area contributed by atoms with Gasteiger partial charge in [-0.1, -0.05) is 0 Å². The van der Waals surface area contributed by atoms with Crippen LogP contribution in [0.4, 0.5) is 0 Å². The van der Waals surface area contributed by atoms with Gasteiger partial charge < -0.3 is 10.1 Å². The van der Waals surface area contributed by atoms with Gasteiger partial charge in [0.05, 0.1) is 6.42 Å². The molecule has 4 nitrogen and oxygen atoms in total. The van der Waals surface area contributed by atoms with E-state index in [4.69, 9.17) is 4.74 Å². The van der Waals surface area contributed by atoms with E-state index in [1.54, 1.807) is 20.8 Å². The zero-order valence-electron chi connectivity index (χ0n) is 8.64. The molecular formula is C9H17NO3. The van der Waals surface area contributed by atoms with Crippen molar-refractivity contribution >= 4 is 11.9 Å². The summed E-state index contributed by atoms with van der Waals surface area (Å²) in [7, 11) is 1.54. The first-order valence-corrected chi connectivity index (χ1v) is 4.27. The van der Waals surface area contributed by atoms with E-state index in [2.05, 4.69) is 5.32 Å². The van der Waals surface area contributed by atoms with E-state index in [1.165, 1.54) is 7.05 Å². The smallest absolute Gasteiger partial charge is 0.306 e. The molecule has 0 heterocycles. The Balaban J connectivity index is 3.71. The fraction of sp³-hybridized carbons (Fsp3) is 0.778. The predicted molar refractivity (Wildman–Crippen MR) is 49.1 cm³/mol. The molecular weight excluding hydrogens is 170 g/mol. The average molecular weight is 187 g/mol. The number of carbonyl (C=O) groups excluding carboxylic acids is 2. The molecule has 13 heavy (non-hydrogen) atoms. The van der Waals surface area contributed by atoms with E-state index >= 15 is 0 Å². The summed E-state index contributed by atoms with van der Waals surface area (Å²) in [5.74, 6) is -0.484. The minimum absolute atomic E-state index is 0.136. The fourth-order valence-corrected chi connectivity index (χ4v) is 0.733. The SMILES string of the molecule is CNC(=O)CCC(=O)OC(C)(C)C. The predicted octanol–water partition coefficient (Wildman–Crippen LogP) is 0.854. The Morgan fingerprint density at radius 3 is 2.15 bits per heavy atom. The number of rotatable bonds is 3. The molecule has 1 N–H and O–H groups in total. The molecule has 0 saturated heterocycles. The first kappa shape index (κ1) is 11.9. The van der Waals surface area contributed by atoms with Crippen LogP contribution in [0.25, 0.3) is 0 Å². The van der Waals surface area contributed by atoms with Gasteiger partial charge in [0.2, 0.25) is 5.91 Å². The van der Waals surface area contributed by atoms with Crippen molar-refractivity contribution in [1.82, 2.24) is 5.32 Å². The highest BCUT2D eigenvalue weighted by Gasteiger charge is 2.16. The molecule has 1 amide bonds. The van der Waals surface area contributed by atoms with Crippen LogP contribution in [0.1, 0.15) is 33.6 Å². The number of amides is 1. The maximum atomic E-state index is 11.1. The van der Waals surface area contributed by atoms with E-state index in [0.717, 1.165) is 0 Å². The number of hydrogen-bond acceptors (Lipinski definition) is 3. The van der Waals surface area contributed by atoms with Crippen molar-refractivity contribution in [3.63, 3.8) is 0 Å². The van der Waals surface area contributed by atoms with Gasteiger partial charge in [-0.3, -0.25) is 9.59 Å². The largest absolute Gasteiger partial charge is 0.460 e. The lowest BCUT2D eigenvalue weighted by atomic mass is 10.2. The minimum Gasteiger partial charge on any atom is -0.460 e. The van der Waals surface area contributed by atoms with Crippen molar-refractivity contribution in [3.05, 3.63) is 0 Å². The van der Waals surface area contributed by atoms with Crippen molar-refractivity contribution in [3.8, 4) is 0 Å². The highest BCUT2D eigenvalue weighted by molar-refractivity contribution is 5.81. The molecule has 76 valence electrons. The molecule has 0 aliphatic rings. The molecule has 0 atom stereocenters. The molecule has 0 radical (unpaired) electrons. The molecule has 0 spiro atoms. The van der Waals surface area contributed by atoms with Crippen molar-refractivity contribution in [2.45, 2.75) is 39.2 Å². The fourth-order valence-electron chi connectivity index (χ4n) is 0.733. The number of nitrogens with one attached hydrogen (secondary N) is 1. The third kappa shape index (κ3) is 7.31. The van der Waals surface area contributed by atoms with Crippen molar-refractivity contribution in [2.75, 3.05) is 7.05 Å². The Morgan fingerprint density at radius 2 is 1.77 bits per heavy atom. The van der Waals surface area contributed by atoms with Crippen molar-refractivity contribution < 1.29 is 14.3 Å². The quantitative estimate of drug-likeness (QED) is 0.666. The normalized spacial score (nSPS) is 10.8. The third-order valence-corrected chi connectivity index (χ3v) is 1.26. The Morgan fingerprint density at radius 1 is 1.23 bits per heavy atom. The van der Waals surface area contributed by atoms with Gasteiger partial charge in [0.25, 0.3) is 0 Å². The van der Waals surface area contributed by atoms with E-state index < -0.39 is 5.60 Å². The number of carbonyl (C=O) groups is 2. The summed E-state index contributed by atoms with van der Waals surface area (Å²) in [5, 5.41) is 2.44. The Kier molecular flexibility index (Phi) is 4.45. The molecule has 0 aromatic heterocycles. The Bertz CT molecular complexity index is 194. The lowest BCUT2D eigenvalue weighted by molar-refractivity contribution is -0.155. The topological polar surface area (TPSA) is 55.4 Å². The lowest BCUT2D eigenvalue weighted by Crippen LogP contribution is -2.25. The molecule has 0 aliphatic carbocycles. The summed E-state index contributed by atoms with van der Waals surface area (Å²) >= 11 is 0. The van der Waals surface area contributed by atoms with Gasteiger partial charge >= 0.3 is 5.97 Å². The van der Waals surface area contributed by atoms with Crippen LogP contribution in [0.2, 0.25) is 0 Å². The van der Waals surface area contributed by atoms with Crippen LogP contribution in [0.15, 0.2) is 0 Å². The first-order valence-electron chi connectivity index (χ1n) is 4.27. The average Bonchev–Trinajstić information content (AvgIpc) is 1.97. The summed E-state index contributed by atoms with van der Waals surface area (Å²) in [4.78, 5) is 21.8. The molecule has 0 rings (SSSR count). The number of ether oxygens (including phenoxy) is 1. The van der Waals surface area contributed by atoms with Crippen LogP contribution >= 0.6 is 0 Å². The molecule has 0 fully saturated rings. The maximum absolute atomic E-state index is 11.1. The van der Waals surface area contributed by atoms with Gasteiger partial charge in [0.1, 0.15) is 5.60 Å². The molecule has 4 heteroatoms. The Hall–Kier alpha value is -1.06. The Labute approximate surface area is 78.6 Å². The summed E-state index contributed by atoms with van der Waals surface area (Å²) in [5.41, 5.74) is -0.472. The van der Waals surface area contributed by atoms with Crippen LogP contribution in [-0.4, -0.2) is 24.5 Å².